The molecule has 1 aliphatic heterocycles. The van der Waals surface area contributed by atoms with Gasteiger partial charge in [-0.3, -0.25) is 4.90 Å². The van der Waals surface area contributed by atoms with Crippen LogP contribution < -0.4 is 4.90 Å². The van der Waals surface area contributed by atoms with Crippen LogP contribution in [0.2, 0.25) is 0 Å². The Labute approximate surface area is 126 Å². The van der Waals surface area contributed by atoms with Gasteiger partial charge in [-0.2, -0.15) is 0 Å². The molecule has 0 unspecified atom stereocenters. The van der Waals surface area contributed by atoms with Gasteiger partial charge in [0, 0.05) is 42.9 Å². The van der Waals surface area contributed by atoms with Gasteiger partial charge < -0.3 is 9.42 Å². The van der Waals surface area contributed by atoms with Gasteiger partial charge in [0.1, 0.15) is 5.82 Å². The first-order chi connectivity index (χ1) is 9.70. The molecule has 1 aliphatic rings. The number of hydrogen-bond acceptors (Lipinski definition) is 5. The molecule has 1 saturated heterocycles. The first-order valence-corrected chi connectivity index (χ1v) is 7.51. The molecule has 20 heavy (non-hydrogen) atoms. The summed E-state index contributed by atoms with van der Waals surface area (Å²) in [5, 5.41) is 3.93. The van der Waals surface area contributed by atoms with E-state index in [1.807, 2.05) is 25.3 Å². The fourth-order valence-electron chi connectivity index (χ4n) is 2.40. The Morgan fingerprint density at radius 2 is 2.05 bits per heavy atom. The SMILES string of the molecule is Cc1cc(CN2CCN(c3ccc(Br)cn3)CC2)on1. The Bertz CT molecular complexity index is 561. The Hall–Kier alpha value is -1.40. The highest BCUT2D eigenvalue weighted by molar-refractivity contribution is 9.10. The lowest BCUT2D eigenvalue weighted by molar-refractivity contribution is 0.219. The van der Waals surface area contributed by atoms with Gasteiger partial charge in [0.15, 0.2) is 5.76 Å². The molecule has 3 rings (SSSR count). The minimum Gasteiger partial charge on any atom is -0.360 e. The Morgan fingerprint density at radius 1 is 1.25 bits per heavy atom. The van der Waals surface area contributed by atoms with E-state index in [2.05, 4.69) is 41.9 Å². The van der Waals surface area contributed by atoms with Crippen molar-refractivity contribution in [1.29, 1.82) is 0 Å². The minimum absolute atomic E-state index is 0.836. The summed E-state index contributed by atoms with van der Waals surface area (Å²) < 4.78 is 6.28. The van der Waals surface area contributed by atoms with Gasteiger partial charge in [0.25, 0.3) is 0 Å². The number of nitrogens with zero attached hydrogens (tertiary/aromatic N) is 4. The predicted octanol–water partition coefficient (Wildman–Crippen LogP) is 2.46. The highest BCUT2D eigenvalue weighted by Gasteiger charge is 2.19. The molecule has 0 amide bonds. The smallest absolute Gasteiger partial charge is 0.150 e. The van der Waals surface area contributed by atoms with Crippen molar-refractivity contribution in [2.24, 2.45) is 0 Å². The molecule has 0 N–H and O–H groups in total. The summed E-state index contributed by atoms with van der Waals surface area (Å²) >= 11 is 3.41. The van der Waals surface area contributed by atoms with Crippen LogP contribution in [0.1, 0.15) is 11.5 Å². The molecular formula is C14H17BrN4O. The number of hydrogen-bond donors (Lipinski definition) is 0. The lowest BCUT2D eigenvalue weighted by Crippen LogP contribution is -2.46. The number of rotatable bonds is 3. The van der Waals surface area contributed by atoms with E-state index in [-0.39, 0.29) is 0 Å². The molecule has 5 nitrogen and oxygen atoms in total. The molecule has 2 aromatic heterocycles. The molecule has 0 radical (unpaired) electrons. The van der Waals surface area contributed by atoms with Crippen LogP contribution >= 0.6 is 15.9 Å². The maximum Gasteiger partial charge on any atom is 0.150 e. The summed E-state index contributed by atoms with van der Waals surface area (Å²) in [6.45, 7) is 6.78. The third-order valence-electron chi connectivity index (χ3n) is 3.46. The van der Waals surface area contributed by atoms with Crippen LogP contribution in [0.4, 0.5) is 5.82 Å². The van der Waals surface area contributed by atoms with E-state index in [4.69, 9.17) is 4.52 Å². The van der Waals surface area contributed by atoms with Gasteiger partial charge in [0.05, 0.1) is 12.2 Å². The van der Waals surface area contributed by atoms with Gasteiger partial charge in [-0.25, -0.2) is 4.98 Å². The lowest BCUT2D eigenvalue weighted by Gasteiger charge is -2.34. The monoisotopic (exact) mass is 336 g/mol. The van der Waals surface area contributed by atoms with Gasteiger partial charge >= 0.3 is 0 Å². The zero-order chi connectivity index (χ0) is 13.9. The molecule has 106 valence electrons. The molecule has 1 fully saturated rings. The summed E-state index contributed by atoms with van der Waals surface area (Å²) in [5.74, 6) is 1.99. The van der Waals surface area contributed by atoms with Crippen molar-refractivity contribution in [3.05, 3.63) is 40.3 Å². The zero-order valence-corrected chi connectivity index (χ0v) is 13.0. The quantitative estimate of drug-likeness (QED) is 0.861. The Morgan fingerprint density at radius 3 is 2.65 bits per heavy atom. The average molecular weight is 337 g/mol. The van der Waals surface area contributed by atoms with E-state index in [0.29, 0.717) is 0 Å². The first-order valence-electron chi connectivity index (χ1n) is 6.72. The number of aromatic nitrogens is 2. The standard InChI is InChI=1S/C14H17BrN4O/c1-11-8-13(20-17-11)10-18-4-6-19(7-5-18)14-3-2-12(15)9-16-14/h2-3,8-9H,4-7,10H2,1H3. The summed E-state index contributed by atoms with van der Waals surface area (Å²) in [7, 11) is 0. The van der Waals surface area contributed by atoms with Crippen LogP contribution in [0.15, 0.2) is 33.4 Å². The van der Waals surface area contributed by atoms with Crippen LogP contribution in [0.5, 0.6) is 0 Å². The lowest BCUT2D eigenvalue weighted by atomic mass is 10.3. The minimum atomic E-state index is 0.836. The van der Waals surface area contributed by atoms with Crippen LogP contribution in [-0.2, 0) is 6.54 Å². The molecule has 0 aliphatic carbocycles. The second-order valence-corrected chi connectivity index (χ2v) is 5.95. The Balaban J connectivity index is 1.55. The summed E-state index contributed by atoms with van der Waals surface area (Å²) in [6, 6.07) is 6.09. The van der Waals surface area contributed by atoms with E-state index in [0.717, 1.165) is 54.5 Å². The van der Waals surface area contributed by atoms with Crippen molar-refractivity contribution in [2.45, 2.75) is 13.5 Å². The largest absolute Gasteiger partial charge is 0.360 e. The number of pyridine rings is 1. The van der Waals surface area contributed by atoms with E-state index >= 15 is 0 Å². The second kappa shape index (κ2) is 5.93. The average Bonchev–Trinajstić information content (AvgIpc) is 2.86. The van der Waals surface area contributed by atoms with E-state index in [1.54, 1.807) is 0 Å². The van der Waals surface area contributed by atoms with Crippen molar-refractivity contribution in [1.82, 2.24) is 15.0 Å². The zero-order valence-electron chi connectivity index (χ0n) is 11.4. The third kappa shape index (κ3) is 3.19. The van der Waals surface area contributed by atoms with Crippen molar-refractivity contribution < 1.29 is 4.52 Å². The third-order valence-corrected chi connectivity index (χ3v) is 3.93. The van der Waals surface area contributed by atoms with E-state index in [9.17, 15) is 0 Å². The maximum absolute atomic E-state index is 5.27. The van der Waals surface area contributed by atoms with Crippen LogP contribution in [0.25, 0.3) is 0 Å². The normalized spacial score (nSPS) is 16.6. The van der Waals surface area contributed by atoms with Crippen LogP contribution in [0, 0.1) is 6.92 Å². The van der Waals surface area contributed by atoms with Crippen molar-refractivity contribution >= 4 is 21.7 Å². The fraction of sp³-hybridized carbons (Fsp3) is 0.429. The van der Waals surface area contributed by atoms with Crippen LogP contribution in [0.3, 0.4) is 0 Å². The van der Waals surface area contributed by atoms with Gasteiger partial charge in [0.2, 0.25) is 0 Å². The summed E-state index contributed by atoms with van der Waals surface area (Å²) in [5.41, 5.74) is 0.942. The summed E-state index contributed by atoms with van der Waals surface area (Å²) in [6.07, 6.45) is 1.85. The number of piperazine rings is 1. The molecule has 0 bridgehead atoms. The molecule has 3 heterocycles. The van der Waals surface area contributed by atoms with Gasteiger partial charge in [-0.05, 0) is 35.0 Å². The topological polar surface area (TPSA) is 45.4 Å². The molecule has 2 aromatic rings. The predicted molar refractivity (Wildman–Crippen MR) is 80.7 cm³/mol. The van der Waals surface area contributed by atoms with Crippen LogP contribution in [-0.4, -0.2) is 41.2 Å². The van der Waals surface area contributed by atoms with E-state index < -0.39 is 0 Å². The van der Waals surface area contributed by atoms with Crippen molar-refractivity contribution in [3.8, 4) is 0 Å². The Kier molecular flexibility index (Phi) is 4.03. The summed E-state index contributed by atoms with van der Waals surface area (Å²) in [4.78, 5) is 9.14. The molecular weight excluding hydrogens is 320 g/mol. The molecule has 0 atom stereocenters. The number of halogens is 1. The van der Waals surface area contributed by atoms with Crippen molar-refractivity contribution in [2.75, 3.05) is 31.1 Å². The second-order valence-electron chi connectivity index (χ2n) is 5.03. The van der Waals surface area contributed by atoms with Gasteiger partial charge in [-0.1, -0.05) is 5.16 Å². The molecule has 0 aromatic carbocycles. The maximum atomic E-state index is 5.27. The van der Waals surface area contributed by atoms with Gasteiger partial charge in [-0.15, -0.1) is 0 Å². The molecule has 0 saturated carbocycles. The highest BCUT2D eigenvalue weighted by Crippen LogP contribution is 2.17. The highest BCUT2D eigenvalue weighted by atomic mass is 79.9. The number of anilines is 1. The number of aryl methyl sites for hydroxylation is 1. The molecule has 6 heteroatoms. The molecule has 0 spiro atoms. The van der Waals surface area contributed by atoms with Crippen molar-refractivity contribution in [3.63, 3.8) is 0 Å². The van der Waals surface area contributed by atoms with E-state index in [1.165, 1.54) is 0 Å². The first kappa shape index (κ1) is 13.6. The fourth-order valence-corrected chi connectivity index (χ4v) is 2.64.